The Morgan fingerprint density at radius 1 is 1.23 bits per heavy atom. The number of carbonyl (C=O) groups excluding carboxylic acids is 1. The number of carbonyl (C=O) groups is 2. The average Bonchev–Trinajstić information content (AvgIpc) is 2.96. The van der Waals surface area contributed by atoms with Gasteiger partial charge in [-0.3, -0.25) is 4.79 Å². The number of nitrogens with one attached hydrogen (secondary N) is 1. The molecule has 3 aromatic rings. The Labute approximate surface area is 153 Å². The van der Waals surface area contributed by atoms with Crippen LogP contribution < -0.4 is 5.43 Å². The summed E-state index contributed by atoms with van der Waals surface area (Å²) >= 11 is 1.31. The van der Waals surface area contributed by atoms with E-state index in [0.717, 1.165) is 16.2 Å². The van der Waals surface area contributed by atoms with Gasteiger partial charge in [0.25, 0.3) is 5.91 Å². The molecular formula is C18H16N4O3S. The quantitative estimate of drug-likeness (QED) is 0.396. The standard InChI is InChI=1S/C18H16N4O3S/c1-22-15-9-5-4-8-14(15)20-18(22)26-11-16(23)21-19-10-12-6-2-3-7-13(12)17(24)25/h2-10H,11H2,1H3,(H,21,23)(H,24,25). The molecule has 7 nitrogen and oxygen atoms in total. The number of hydrogen-bond acceptors (Lipinski definition) is 5. The topological polar surface area (TPSA) is 96.6 Å². The van der Waals surface area contributed by atoms with Gasteiger partial charge in [0.05, 0.1) is 28.6 Å². The number of thioether (sulfide) groups is 1. The summed E-state index contributed by atoms with van der Waals surface area (Å²) in [6.07, 6.45) is 1.32. The maximum atomic E-state index is 12.0. The second-order valence-electron chi connectivity index (χ2n) is 5.42. The minimum atomic E-state index is -1.05. The van der Waals surface area contributed by atoms with E-state index in [1.54, 1.807) is 18.2 Å². The number of aromatic carboxylic acids is 1. The molecular weight excluding hydrogens is 352 g/mol. The lowest BCUT2D eigenvalue weighted by Crippen LogP contribution is -2.20. The lowest BCUT2D eigenvalue weighted by Gasteiger charge is -2.02. The van der Waals surface area contributed by atoms with Crippen LogP contribution in [0.25, 0.3) is 11.0 Å². The number of hydrogen-bond donors (Lipinski definition) is 2. The van der Waals surface area contributed by atoms with Gasteiger partial charge in [0, 0.05) is 12.6 Å². The Balaban J connectivity index is 1.59. The zero-order valence-corrected chi connectivity index (χ0v) is 14.7. The molecule has 0 saturated heterocycles. The maximum absolute atomic E-state index is 12.0. The van der Waals surface area contributed by atoms with E-state index in [-0.39, 0.29) is 17.2 Å². The maximum Gasteiger partial charge on any atom is 0.336 e. The van der Waals surface area contributed by atoms with E-state index in [9.17, 15) is 9.59 Å². The van der Waals surface area contributed by atoms with Crippen molar-refractivity contribution in [3.05, 3.63) is 59.7 Å². The Bertz CT molecular complexity index is 997. The normalized spacial score (nSPS) is 11.1. The summed E-state index contributed by atoms with van der Waals surface area (Å²) < 4.78 is 1.93. The number of aromatic nitrogens is 2. The van der Waals surface area contributed by atoms with E-state index in [4.69, 9.17) is 5.11 Å². The molecule has 0 spiro atoms. The highest BCUT2D eigenvalue weighted by Gasteiger charge is 2.10. The minimum Gasteiger partial charge on any atom is -0.478 e. The number of carboxylic acids is 1. The first-order chi connectivity index (χ1) is 12.6. The van der Waals surface area contributed by atoms with Crippen LogP contribution in [0.4, 0.5) is 0 Å². The van der Waals surface area contributed by atoms with Gasteiger partial charge in [-0.05, 0) is 18.2 Å². The van der Waals surface area contributed by atoms with Crippen molar-refractivity contribution < 1.29 is 14.7 Å². The van der Waals surface area contributed by atoms with Gasteiger partial charge in [-0.15, -0.1) is 0 Å². The van der Waals surface area contributed by atoms with Gasteiger partial charge >= 0.3 is 5.97 Å². The van der Waals surface area contributed by atoms with Crippen LogP contribution in [0.5, 0.6) is 0 Å². The second-order valence-corrected chi connectivity index (χ2v) is 6.36. The van der Waals surface area contributed by atoms with Crippen molar-refractivity contribution in [1.29, 1.82) is 0 Å². The summed E-state index contributed by atoms with van der Waals surface area (Å²) in [6.45, 7) is 0. The lowest BCUT2D eigenvalue weighted by molar-refractivity contribution is -0.118. The summed E-state index contributed by atoms with van der Waals surface area (Å²) in [7, 11) is 1.90. The Morgan fingerprint density at radius 2 is 1.96 bits per heavy atom. The fourth-order valence-electron chi connectivity index (χ4n) is 2.39. The molecule has 0 bridgehead atoms. The third-order valence-electron chi connectivity index (χ3n) is 3.66. The summed E-state index contributed by atoms with van der Waals surface area (Å²) in [6, 6.07) is 14.2. The van der Waals surface area contributed by atoms with Gasteiger partial charge in [0.15, 0.2) is 5.16 Å². The average molecular weight is 368 g/mol. The smallest absolute Gasteiger partial charge is 0.336 e. The van der Waals surface area contributed by atoms with Crippen molar-refractivity contribution in [1.82, 2.24) is 15.0 Å². The van der Waals surface area contributed by atoms with Gasteiger partial charge < -0.3 is 9.67 Å². The van der Waals surface area contributed by atoms with Crippen LogP contribution in [0.15, 0.2) is 58.8 Å². The predicted molar refractivity (Wildman–Crippen MR) is 101 cm³/mol. The van der Waals surface area contributed by atoms with Crippen LogP contribution in [0.3, 0.4) is 0 Å². The van der Waals surface area contributed by atoms with Crippen LogP contribution in [0.1, 0.15) is 15.9 Å². The first kappa shape index (κ1) is 17.7. The van der Waals surface area contributed by atoms with Crippen molar-refractivity contribution in [3.63, 3.8) is 0 Å². The number of para-hydroxylation sites is 2. The molecule has 0 atom stereocenters. The minimum absolute atomic E-state index is 0.125. The van der Waals surface area contributed by atoms with E-state index in [2.05, 4.69) is 15.5 Å². The molecule has 2 N–H and O–H groups in total. The number of carboxylic acid groups (broad SMARTS) is 1. The molecule has 1 heterocycles. The fraction of sp³-hybridized carbons (Fsp3) is 0.111. The molecule has 0 fully saturated rings. The highest BCUT2D eigenvalue weighted by Crippen LogP contribution is 2.22. The third kappa shape index (κ3) is 3.92. The lowest BCUT2D eigenvalue weighted by atomic mass is 10.1. The van der Waals surface area contributed by atoms with Crippen LogP contribution >= 0.6 is 11.8 Å². The van der Waals surface area contributed by atoms with Gasteiger partial charge in [-0.25, -0.2) is 15.2 Å². The number of nitrogens with zero attached hydrogens (tertiary/aromatic N) is 3. The number of rotatable bonds is 6. The number of fused-ring (bicyclic) bond motifs is 1. The molecule has 3 rings (SSSR count). The van der Waals surface area contributed by atoms with Crippen LogP contribution in [-0.2, 0) is 11.8 Å². The van der Waals surface area contributed by atoms with Crippen molar-refractivity contribution in [2.24, 2.45) is 12.1 Å². The first-order valence-electron chi connectivity index (χ1n) is 7.75. The molecule has 132 valence electrons. The zero-order valence-electron chi connectivity index (χ0n) is 13.9. The fourth-order valence-corrected chi connectivity index (χ4v) is 3.17. The molecule has 0 aliphatic carbocycles. The SMILES string of the molecule is Cn1c(SCC(=O)NN=Cc2ccccc2C(=O)O)nc2ccccc21. The summed E-state index contributed by atoms with van der Waals surface area (Å²) in [5.74, 6) is -1.20. The highest BCUT2D eigenvalue weighted by atomic mass is 32.2. The first-order valence-corrected chi connectivity index (χ1v) is 8.73. The predicted octanol–water partition coefficient (Wildman–Crippen LogP) is 2.51. The van der Waals surface area contributed by atoms with Crippen LogP contribution in [-0.4, -0.2) is 38.5 Å². The van der Waals surface area contributed by atoms with Crippen molar-refractivity contribution in [2.75, 3.05) is 5.75 Å². The molecule has 0 radical (unpaired) electrons. The number of imidazole rings is 1. The highest BCUT2D eigenvalue weighted by molar-refractivity contribution is 7.99. The monoisotopic (exact) mass is 368 g/mol. The number of aryl methyl sites for hydroxylation is 1. The molecule has 1 aromatic heterocycles. The molecule has 8 heteroatoms. The molecule has 0 aliphatic rings. The Morgan fingerprint density at radius 3 is 2.73 bits per heavy atom. The van der Waals surface area contributed by atoms with Gasteiger partial charge in [0.2, 0.25) is 0 Å². The van der Waals surface area contributed by atoms with Gasteiger partial charge in [-0.2, -0.15) is 5.10 Å². The van der Waals surface area contributed by atoms with E-state index >= 15 is 0 Å². The molecule has 0 unspecified atom stereocenters. The Kier molecular flexibility index (Phi) is 5.33. The van der Waals surface area contributed by atoms with E-state index in [0.29, 0.717) is 5.56 Å². The van der Waals surface area contributed by atoms with Gasteiger partial charge in [-0.1, -0.05) is 42.1 Å². The molecule has 26 heavy (non-hydrogen) atoms. The molecule has 0 aliphatic heterocycles. The molecule has 0 saturated carbocycles. The van der Waals surface area contributed by atoms with Crippen molar-refractivity contribution in [3.8, 4) is 0 Å². The van der Waals surface area contributed by atoms with E-state index in [1.165, 1.54) is 24.0 Å². The van der Waals surface area contributed by atoms with E-state index in [1.807, 2.05) is 35.9 Å². The number of amides is 1. The number of benzene rings is 2. The van der Waals surface area contributed by atoms with Crippen molar-refractivity contribution >= 4 is 40.9 Å². The second kappa shape index (κ2) is 7.83. The van der Waals surface area contributed by atoms with Crippen LogP contribution in [0, 0.1) is 0 Å². The largest absolute Gasteiger partial charge is 0.478 e. The molecule has 1 amide bonds. The molecule has 2 aromatic carbocycles. The third-order valence-corrected chi connectivity index (χ3v) is 4.69. The number of hydrazone groups is 1. The van der Waals surface area contributed by atoms with Crippen LogP contribution in [0.2, 0.25) is 0 Å². The van der Waals surface area contributed by atoms with E-state index < -0.39 is 5.97 Å². The Hall–Kier alpha value is -3.13. The summed E-state index contributed by atoms with van der Waals surface area (Å²) in [5, 5.41) is 13.7. The summed E-state index contributed by atoms with van der Waals surface area (Å²) in [4.78, 5) is 27.6. The van der Waals surface area contributed by atoms with Gasteiger partial charge in [0.1, 0.15) is 0 Å². The summed E-state index contributed by atoms with van der Waals surface area (Å²) in [5.41, 5.74) is 4.82. The zero-order chi connectivity index (χ0) is 18.5. The van der Waals surface area contributed by atoms with Crippen molar-refractivity contribution in [2.45, 2.75) is 5.16 Å².